The molecular weight excluding hydrogens is 383 g/mol. The van der Waals surface area contributed by atoms with E-state index < -0.39 is 5.25 Å². The fourth-order valence-electron chi connectivity index (χ4n) is 1.88. The fraction of sp³-hybridized carbons (Fsp3) is 0.125. The molecule has 0 unspecified atom stereocenters. The lowest BCUT2D eigenvalue weighted by Gasteiger charge is -2.09. The van der Waals surface area contributed by atoms with Crippen LogP contribution in [0.15, 0.2) is 52.2 Å². The maximum absolute atomic E-state index is 12.2. The third kappa shape index (κ3) is 4.72. The Morgan fingerprint density at radius 1 is 1.20 bits per heavy atom. The van der Waals surface area contributed by atoms with Gasteiger partial charge in [0.1, 0.15) is 5.82 Å². The molecule has 0 spiro atoms. The van der Waals surface area contributed by atoms with Gasteiger partial charge in [-0.25, -0.2) is 4.98 Å². The van der Waals surface area contributed by atoms with E-state index in [0.717, 1.165) is 11.8 Å². The number of carbonyl (C=O) groups excluding carboxylic acids is 1. The SMILES string of the molecule is C[C@@H](Sc1nnc(-c2cccc(Cl)c2)o1)C(=O)Nc1ccc(Cl)cn1. The van der Waals surface area contributed by atoms with E-state index in [1.54, 1.807) is 37.3 Å². The van der Waals surface area contributed by atoms with E-state index >= 15 is 0 Å². The van der Waals surface area contributed by atoms with Crippen molar-refractivity contribution in [2.45, 2.75) is 17.4 Å². The van der Waals surface area contributed by atoms with Crippen LogP contribution in [-0.2, 0) is 4.79 Å². The zero-order valence-corrected chi connectivity index (χ0v) is 15.3. The Morgan fingerprint density at radius 3 is 2.76 bits per heavy atom. The van der Waals surface area contributed by atoms with Gasteiger partial charge in [-0.2, -0.15) is 0 Å². The van der Waals surface area contributed by atoms with Crippen LogP contribution in [0.1, 0.15) is 6.92 Å². The van der Waals surface area contributed by atoms with Crippen LogP contribution in [0.2, 0.25) is 10.0 Å². The van der Waals surface area contributed by atoms with Gasteiger partial charge in [0.05, 0.1) is 10.3 Å². The minimum absolute atomic E-state index is 0.234. The molecule has 0 saturated carbocycles. The molecule has 3 aromatic rings. The van der Waals surface area contributed by atoms with Crippen LogP contribution in [0.3, 0.4) is 0 Å². The van der Waals surface area contributed by atoms with Crippen molar-refractivity contribution in [3.05, 3.63) is 52.6 Å². The first kappa shape index (κ1) is 17.7. The molecule has 1 N–H and O–H groups in total. The van der Waals surface area contributed by atoms with Gasteiger partial charge in [-0.05, 0) is 37.3 Å². The Balaban J connectivity index is 1.64. The molecule has 1 aromatic carbocycles. The van der Waals surface area contributed by atoms with Crippen molar-refractivity contribution in [2.24, 2.45) is 0 Å². The molecule has 0 aliphatic carbocycles. The lowest BCUT2D eigenvalue weighted by molar-refractivity contribution is -0.115. The van der Waals surface area contributed by atoms with Crippen molar-refractivity contribution >= 4 is 46.7 Å². The molecule has 0 fully saturated rings. The number of amides is 1. The Morgan fingerprint density at radius 2 is 2.04 bits per heavy atom. The number of anilines is 1. The minimum atomic E-state index is -0.454. The highest BCUT2D eigenvalue weighted by Crippen LogP contribution is 2.27. The number of nitrogens with one attached hydrogen (secondary N) is 1. The third-order valence-corrected chi connectivity index (χ3v) is 4.50. The Bertz CT molecular complexity index is 886. The number of rotatable bonds is 5. The molecule has 0 bridgehead atoms. The average molecular weight is 395 g/mol. The van der Waals surface area contributed by atoms with E-state index in [1.165, 1.54) is 6.20 Å². The molecule has 1 amide bonds. The van der Waals surface area contributed by atoms with E-state index in [-0.39, 0.29) is 5.91 Å². The number of thioether (sulfide) groups is 1. The quantitative estimate of drug-likeness (QED) is 0.638. The first-order chi connectivity index (χ1) is 12.0. The summed E-state index contributed by atoms with van der Waals surface area (Å²) < 4.78 is 5.58. The summed E-state index contributed by atoms with van der Waals surface area (Å²) in [7, 11) is 0. The summed E-state index contributed by atoms with van der Waals surface area (Å²) in [5.74, 6) is 0.534. The third-order valence-electron chi connectivity index (χ3n) is 3.10. The molecule has 6 nitrogen and oxygen atoms in total. The zero-order chi connectivity index (χ0) is 17.8. The Hall–Kier alpha value is -2.09. The second-order valence-corrected chi connectivity index (χ2v) is 7.16. The van der Waals surface area contributed by atoms with E-state index in [0.29, 0.717) is 32.5 Å². The highest BCUT2D eigenvalue weighted by molar-refractivity contribution is 8.00. The summed E-state index contributed by atoms with van der Waals surface area (Å²) in [6.07, 6.45) is 1.46. The molecule has 128 valence electrons. The van der Waals surface area contributed by atoms with Crippen molar-refractivity contribution < 1.29 is 9.21 Å². The Labute approximate surface area is 158 Å². The van der Waals surface area contributed by atoms with Gasteiger partial charge in [0.25, 0.3) is 5.22 Å². The predicted molar refractivity (Wildman–Crippen MR) is 97.9 cm³/mol. The number of pyridine rings is 1. The van der Waals surface area contributed by atoms with Crippen LogP contribution in [-0.4, -0.2) is 26.3 Å². The Kier molecular flexibility index (Phi) is 5.57. The normalized spacial score (nSPS) is 12.0. The van der Waals surface area contributed by atoms with Gasteiger partial charge in [-0.3, -0.25) is 4.79 Å². The van der Waals surface area contributed by atoms with Gasteiger partial charge in [0.2, 0.25) is 11.8 Å². The molecule has 9 heteroatoms. The number of benzene rings is 1. The lowest BCUT2D eigenvalue weighted by atomic mass is 10.2. The first-order valence-corrected chi connectivity index (χ1v) is 8.83. The van der Waals surface area contributed by atoms with Gasteiger partial charge < -0.3 is 9.73 Å². The molecule has 25 heavy (non-hydrogen) atoms. The number of hydrogen-bond donors (Lipinski definition) is 1. The fourth-order valence-corrected chi connectivity index (χ4v) is 2.86. The lowest BCUT2D eigenvalue weighted by Crippen LogP contribution is -2.22. The van der Waals surface area contributed by atoms with Gasteiger partial charge >= 0.3 is 0 Å². The highest BCUT2D eigenvalue weighted by Gasteiger charge is 2.19. The topological polar surface area (TPSA) is 80.9 Å². The minimum Gasteiger partial charge on any atom is -0.411 e. The number of halogens is 2. The summed E-state index contributed by atoms with van der Waals surface area (Å²) in [6, 6.07) is 10.4. The second-order valence-electron chi connectivity index (χ2n) is 4.99. The van der Waals surface area contributed by atoms with E-state index in [9.17, 15) is 4.79 Å². The number of hydrogen-bond acceptors (Lipinski definition) is 6. The maximum Gasteiger partial charge on any atom is 0.277 e. The van der Waals surface area contributed by atoms with Gasteiger partial charge in [-0.1, -0.05) is 41.0 Å². The van der Waals surface area contributed by atoms with Crippen LogP contribution < -0.4 is 5.32 Å². The molecule has 0 aliphatic rings. The van der Waals surface area contributed by atoms with Crippen LogP contribution >= 0.6 is 35.0 Å². The maximum atomic E-state index is 12.2. The molecule has 2 heterocycles. The van der Waals surface area contributed by atoms with E-state index in [2.05, 4.69) is 20.5 Å². The van der Waals surface area contributed by atoms with Crippen molar-refractivity contribution in [2.75, 3.05) is 5.32 Å². The number of aromatic nitrogens is 3. The molecule has 1 atom stereocenters. The molecule has 0 saturated heterocycles. The average Bonchev–Trinajstić information content (AvgIpc) is 3.05. The van der Waals surface area contributed by atoms with Gasteiger partial charge in [-0.15, -0.1) is 10.2 Å². The first-order valence-electron chi connectivity index (χ1n) is 7.20. The summed E-state index contributed by atoms with van der Waals surface area (Å²) >= 11 is 12.9. The van der Waals surface area contributed by atoms with Crippen molar-refractivity contribution in [1.29, 1.82) is 0 Å². The number of carbonyl (C=O) groups is 1. The van der Waals surface area contributed by atoms with Crippen LogP contribution in [0.25, 0.3) is 11.5 Å². The molecular formula is C16H12Cl2N4O2S. The van der Waals surface area contributed by atoms with Gasteiger partial charge in [0, 0.05) is 16.8 Å². The molecule has 2 aromatic heterocycles. The van der Waals surface area contributed by atoms with Gasteiger partial charge in [0.15, 0.2) is 0 Å². The van der Waals surface area contributed by atoms with Crippen molar-refractivity contribution in [3.8, 4) is 11.5 Å². The standard InChI is InChI=1S/C16H12Cl2N4O2S/c1-9(14(23)20-13-6-5-12(18)8-19-13)25-16-22-21-15(24-16)10-3-2-4-11(17)7-10/h2-9H,1H3,(H,19,20,23)/t9-/m1/s1. The molecule has 0 aliphatic heterocycles. The summed E-state index contributed by atoms with van der Waals surface area (Å²) in [6.45, 7) is 1.74. The van der Waals surface area contributed by atoms with Crippen molar-refractivity contribution in [3.63, 3.8) is 0 Å². The van der Waals surface area contributed by atoms with Crippen LogP contribution in [0, 0.1) is 0 Å². The molecule has 0 radical (unpaired) electrons. The zero-order valence-electron chi connectivity index (χ0n) is 12.9. The summed E-state index contributed by atoms with van der Waals surface area (Å²) in [5.41, 5.74) is 0.717. The summed E-state index contributed by atoms with van der Waals surface area (Å²) in [4.78, 5) is 16.2. The largest absolute Gasteiger partial charge is 0.411 e. The predicted octanol–water partition coefficient (Wildman–Crippen LogP) is 4.56. The van der Waals surface area contributed by atoms with Crippen molar-refractivity contribution in [1.82, 2.24) is 15.2 Å². The smallest absolute Gasteiger partial charge is 0.277 e. The summed E-state index contributed by atoms with van der Waals surface area (Å²) in [5, 5.41) is 11.5. The number of nitrogens with zero attached hydrogens (tertiary/aromatic N) is 3. The van der Waals surface area contributed by atoms with E-state index in [1.807, 2.05) is 6.07 Å². The van der Waals surface area contributed by atoms with Crippen LogP contribution in [0.4, 0.5) is 5.82 Å². The van der Waals surface area contributed by atoms with Crippen LogP contribution in [0.5, 0.6) is 0 Å². The monoisotopic (exact) mass is 394 g/mol. The molecule has 3 rings (SSSR count). The second kappa shape index (κ2) is 7.86. The highest BCUT2D eigenvalue weighted by atomic mass is 35.5. The van der Waals surface area contributed by atoms with E-state index in [4.69, 9.17) is 27.6 Å².